The van der Waals surface area contributed by atoms with E-state index >= 15 is 0 Å². The normalized spacial score (nSPS) is 22.9. The van der Waals surface area contributed by atoms with Gasteiger partial charge in [-0.3, -0.25) is 4.90 Å². The molecule has 3 rings (SSSR count). The molecule has 1 fully saturated rings. The van der Waals surface area contributed by atoms with Crippen LogP contribution in [0.3, 0.4) is 0 Å². The molecule has 2 amide bonds. The molecule has 1 unspecified atom stereocenters. The first-order valence-corrected chi connectivity index (χ1v) is 8.94. The summed E-state index contributed by atoms with van der Waals surface area (Å²) in [6, 6.07) is 2.75. The maximum Gasteiger partial charge on any atom is 0.317 e. The third-order valence-electron chi connectivity index (χ3n) is 4.65. The van der Waals surface area contributed by atoms with Crippen LogP contribution in [0.5, 0.6) is 0 Å². The molecule has 4 nitrogen and oxygen atoms in total. The predicted octanol–water partition coefficient (Wildman–Crippen LogP) is 2.69. The Kier molecular flexibility index (Phi) is 4.80. The van der Waals surface area contributed by atoms with E-state index in [4.69, 9.17) is 0 Å². The van der Waals surface area contributed by atoms with Gasteiger partial charge in [-0.05, 0) is 49.6 Å². The van der Waals surface area contributed by atoms with Gasteiger partial charge in [0.05, 0.1) is 0 Å². The first-order valence-electron chi connectivity index (χ1n) is 8.06. The number of piperidine rings is 1. The molecule has 0 aliphatic carbocycles. The minimum absolute atomic E-state index is 0.121. The van der Waals surface area contributed by atoms with Gasteiger partial charge in [-0.1, -0.05) is 0 Å². The van der Waals surface area contributed by atoms with Crippen LogP contribution in [0, 0.1) is 0 Å². The van der Waals surface area contributed by atoms with E-state index in [0.29, 0.717) is 6.04 Å². The molecule has 1 saturated heterocycles. The van der Waals surface area contributed by atoms with Crippen LogP contribution in [0.4, 0.5) is 4.79 Å². The van der Waals surface area contributed by atoms with Crippen molar-refractivity contribution in [2.24, 2.45) is 0 Å². The van der Waals surface area contributed by atoms with Crippen LogP contribution in [-0.2, 0) is 13.0 Å². The van der Waals surface area contributed by atoms with Gasteiger partial charge in [0, 0.05) is 43.6 Å². The van der Waals surface area contributed by atoms with Crippen molar-refractivity contribution in [1.29, 1.82) is 0 Å². The third kappa shape index (κ3) is 3.58. The zero-order valence-corrected chi connectivity index (χ0v) is 13.6. The van der Waals surface area contributed by atoms with Crippen molar-refractivity contribution in [3.05, 3.63) is 21.9 Å². The highest BCUT2D eigenvalue weighted by atomic mass is 32.1. The first kappa shape index (κ1) is 14.9. The fourth-order valence-electron chi connectivity index (χ4n) is 3.32. The highest BCUT2D eigenvalue weighted by Crippen LogP contribution is 2.23. The van der Waals surface area contributed by atoms with E-state index in [-0.39, 0.29) is 6.03 Å². The summed E-state index contributed by atoms with van der Waals surface area (Å²) in [5.74, 6) is 0. The van der Waals surface area contributed by atoms with Gasteiger partial charge in [0.25, 0.3) is 0 Å². The number of amides is 2. The summed E-state index contributed by atoms with van der Waals surface area (Å²) in [7, 11) is 0. The number of thiophene rings is 1. The van der Waals surface area contributed by atoms with Crippen molar-refractivity contribution in [3.63, 3.8) is 0 Å². The van der Waals surface area contributed by atoms with Gasteiger partial charge >= 0.3 is 6.03 Å². The van der Waals surface area contributed by atoms with Gasteiger partial charge in [-0.15, -0.1) is 11.3 Å². The second kappa shape index (κ2) is 6.79. The lowest BCUT2D eigenvalue weighted by atomic mass is 10.0. The molecule has 1 atom stereocenters. The Morgan fingerprint density at radius 2 is 2.33 bits per heavy atom. The summed E-state index contributed by atoms with van der Waals surface area (Å²) in [5.41, 5.74) is 1.47. The molecule has 1 aromatic heterocycles. The summed E-state index contributed by atoms with van der Waals surface area (Å²) in [4.78, 5) is 18.2. The smallest absolute Gasteiger partial charge is 0.317 e. The molecule has 0 spiro atoms. The average molecular weight is 307 g/mol. The summed E-state index contributed by atoms with van der Waals surface area (Å²) in [5, 5.41) is 5.28. The van der Waals surface area contributed by atoms with Crippen LogP contribution in [0.2, 0.25) is 0 Å². The maximum atomic E-state index is 12.2. The second-order valence-corrected chi connectivity index (χ2v) is 7.17. The van der Waals surface area contributed by atoms with Gasteiger partial charge in [-0.25, -0.2) is 4.79 Å². The SMILES string of the molecule is CC1CCCCN1C(=O)NCCN1CCc2sccc2C1. The molecular formula is C16H25N3OS. The molecule has 116 valence electrons. The zero-order chi connectivity index (χ0) is 14.7. The number of rotatable bonds is 3. The van der Waals surface area contributed by atoms with Crippen molar-refractivity contribution >= 4 is 17.4 Å². The van der Waals surface area contributed by atoms with E-state index in [1.165, 1.54) is 16.9 Å². The van der Waals surface area contributed by atoms with E-state index in [1.54, 1.807) is 0 Å². The number of carbonyl (C=O) groups excluding carboxylic acids is 1. The van der Waals surface area contributed by atoms with Crippen LogP contribution in [-0.4, -0.2) is 48.1 Å². The Labute approximate surface area is 131 Å². The van der Waals surface area contributed by atoms with Gasteiger partial charge < -0.3 is 10.2 Å². The molecule has 1 N–H and O–H groups in total. The Hall–Kier alpha value is -1.07. The minimum atomic E-state index is 0.121. The van der Waals surface area contributed by atoms with Crippen LogP contribution in [0.1, 0.15) is 36.6 Å². The molecule has 5 heteroatoms. The molecule has 0 aromatic carbocycles. The summed E-state index contributed by atoms with van der Waals surface area (Å²) in [6.07, 6.45) is 4.69. The fourth-order valence-corrected chi connectivity index (χ4v) is 4.21. The Morgan fingerprint density at radius 1 is 1.43 bits per heavy atom. The zero-order valence-electron chi connectivity index (χ0n) is 12.8. The molecule has 2 aliphatic heterocycles. The lowest BCUT2D eigenvalue weighted by Crippen LogP contribution is -2.49. The molecule has 0 saturated carbocycles. The monoisotopic (exact) mass is 307 g/mol. The summed E-state index contributed by atoms with van der Waals surface area (Å²) in [6.45, 7) is 6.92. The van der Waals surface area contributed by atoms with Crippen molar-refractivity contribution in [2.45, 2.75) is 45.2 Å². The number of nitrogens with zero attached hydrogens (tertiary/aromatic N) is 2. The van der Waals surface area contributed by atoms with E-state index < -0.39 is 0 Å². The lowest BCUT2D eigenvalue weighted by Gasteiger charge is -2.34. The highest BCUT2D eigenvalue weighted by Gasteiger charge is 2.23. The minimum Gasteiger partial charge on any atom is -0.337 e. The summed E-state index contributed by atoms with van der Waals surface area (Å²) >= 11 is 1.87. The molecule has 3 heterocycles. The molecule has 0 radical (unpaired) electrons. The third-order valence-corrected chi connectivity index (χ3v) is 5.68. The van der Waals surface area contributed by atoms with Crippen molar-refractivity contribution in [1.82, 2.24) is 15.1 Å². The predicted molar refractivity (Wildman–Crippen MR) is 86.7 cm³/mol. The highest BCUT2D eigenvalue weighted by molar-refractivity contribution is 7.10. The van der Waals surface area contributed by atoms with Crippen LogP contribution >= 0.6 is 11.3 Å². The first-order chi connectivity index (χ1) is 10.2. The number of fused-ring (bicyclic) bond motifs is 1. The van der Waals surface area contributed by atoms with Gasteiger partial charge in [-0.2, -0.15) is 0 Å². The number of hydrogen-bond donors (Lipinski definition) is 1. The lowest BCUT2D eigenvalue weighted by molar-refractivity contribution is 0.156. The Balaban J connectivity index is 1.41. The standard InChI is InChI=1S/C16H25N3OS/c1-13-4-2-3-8-19(13)16(20)17-7-10-18-9-5-15-14(12-18)6-11-21-15/h6,11,13H,2-5,7-10,12H2,1H3,(H,17,20). The second-order valence-electron chi connectivity index (χ2n) is 6.17. The molecule has 1 aromatic rings. The number of carbonyl (C=O) groups is 1. The summed E-state index contributed by atoms with van der Waals surface area (Å²) < 4.78 is 0. The van der Waals surface area contributed by atoms with Crippen LogP contribution < -0.4 is 5.32 Å². The van der Waals surface area contributed by atoms with E-state index in [2.05, 4.69) is 28.6 Å². The molecule has 2 aliphatic rings. The van der Waals surface area contributed by atoms with Crippen molar-refractivity contribution in [3.8, 4) is 0 Å². The Morgan fingerprint density at radius 3 is 3.19 bits per heavy atom. The molecule has 0 bridgehead atoms. The number of hydrogen-bond acceptors (Lipinski definition) is 3. The number of nitrogens with one attached hydrogen (secondary N) is 1. The van der Waals surface area contributed by atoms with E-state index in [0.717, 1.165) is 52.0 Å². The van der Waals surface area contributed by atoms with Crippen molar-refractivity contribution < 1.29 is 4.79 Å². The quantitative estimate of drug-likeness (QED) is 0.932. The van der Waals surface area contributed by atoms with E-state index in [9.17, 15) is 4.79 Å². The number of urea groups is 1. The Bertz CT molecular complexity index is 488. The van der Waals surface area contributed by atoms with E-state index in [1.807, 2.05) is 16.2 Å². The average Bonchev–Trinajstić information content (AvgIpc) is 2.95. The van der Waals surface area contributed by atoms with Crippen molar-refractivity contribution in [2.75, 3.05) is 26.2 Å². The molecular weight excluding hydrogens is 282 g/mol. The number of likely N-dealkylation sites (tertiary alicyclic amines) is 1. The van der Waals surface area contributed by atoms with Gasteiger partial charge in [0.15, 0.2) is 0 Å². The van der Waals surface area contributed by atoms with Crippen LogP contribution in [0.25, 0.3) is 0 Å². The van der Waals surface area contributed by atoms with Crippen LogP contribution in [0.15, 0.2) is 11.4 Å². The maximum absolute atomic E-state index is 12.2. The largest absolute Gasteiger partial charge is 0.337 e. The van der Waals surface area contributed by atoms with Gasteiger partial charge in [0.1, 0.15) is 0 Å². The topological polar surface area (TPSA) is 35.6 Å². The van der Waals surface area contributed by atoms with Gasteiger partial charge in [0.2, 0.25) is 0 Å². The molecule has 21 heavy (non-hydrogen) atoms. The fraction of sp³-hybridized carbons (Fsp3) is 0.688.